The van der Waals surface area contributed by atoms with Gasteiger partial charge in [0.1, 0.15) is 11.5 Å². The lowest BCUT2D eigenvalue weighted by molar-refractivity contribution is -0.288. The molecular weight excluding hydrogens is 550 g/mol. The maximum Gasteiger partial charge on any atom is 0.411 e. The summed E-state index contributed by atoms with van der Waals surface area (Å²) in [5, 5.41) is 20.6. The summed E-state index contributed by atoms with van der Waals surface area (Å²) in [6, 6.07) is 18.4. The minimum atomic E-state index is -5.97. The number of phenolic OH excluding ortho intramolecular Hbond substituents is 2. The van der Waals surface area contributed by atoms with Crippen molar-refractivity contribution >= 4 is 11.6 Å². The average molecular weight is 573 g/mol. The van der Waals surface area contributed by atoms with Gasteiger partial charge in [-0.05, 0) is 23.3 Å². The number of ketones is 2. The van der Waals surface area contributed by atoms with E-state index < -0.39 is 75.9 Å². The van der Waals surface area contributed by atoms with Gasteiger partial charge in [0, 0.05) is 35.1 Å². The number of halogens is 6. The van der Waals surface area contributed by atoms with Crippen LogP contribution in [0.25, 0.3) is 0 Å². The second kappa shape index (κ2) is 11.1. The molecule has 0 atom stereocenters. The van der Waals surface area contributed by atoms with Crippen molar-refractivity contribution in [1.29, 1.82) is 0 Å². The number of benzene rings is 4. The van der Waals surface area contributed by atoms with Gasteiger partial charge in [-0.3, -0.25) is 9.59 Å². The molecule has 0 heterocycles. The van der Waals surface area contributed by atoms with Crippen LogP contribution in [0.5, 0.6) is 11.5 Å². The molecule has 0 bridgehead atoms. The first-order chi connectivity index (χ1) is 19.3. The summed E-state index contributed by atoms with van der Waals surface area (Å²) in [5.74, 6) is -2.57. The standard InChI is InChI=1S/C31H22F6O4/c32-30(33,34)29(31(35,36)37,23-11-13-25(38)21(15-23)17-27(40)19-7-3-1-4-8-19)24-12-14-26(39)22(16-24)18-28(41)20-9-5-2-6-10-20/h1-16,38-39H,17-18H2. The molecule has 4 aromatic carbocycles. The van der Waals surface area contributed by atoms with E-state index in [0.717, 1.165) is 0 Å². The molecule has 212 valence electrons. The third-order valence-electron chi connectivity index (χ3n) is 6.77. The predicted molar refractivity (Wildman–Crippen MR) is 138 cm³/mol. The molecule has 2 N–H and O–H groups in total. The van der Waals surface area contributed by atoms with Crippen molar-refractivity contribution < 1.29 is 46.1 Å². The van der Waals surface area contributed by atoms with Crippen molar-refractivity contribution in [3.63, 3.8) is 0 Å². The third kappa shape index (κ3) is 5.68. The van der Waals surface area contributed by atoms with Crippen LogP contribution >= 0.6 is 0 Å². The molecule has 4 nitrogen and oxygen atoms in total. The van der Waals surface area contributed by atoms with Crippen LogP contribution in [0.15, 0.2) is 97.1 Å². The number of rotatable bonds is 8. The van der Waals surface area contributed by atoms with Crippen molar-refractivity contribution in [3.8, 4) is 11.5 Å². The van der Waals surface area contributed by atoms with Gasteiger partial charge in [0.15, 0.2) is 11.6 Å². The summed E-state index contributed by atoms with van der Waals surface area (Å²) in [4.78, 5) is 25.4. The zero-order valence-electron chi connectivity index (χ0n) is 21.1. The van der Waals surface area contributed by atoms with Crippen LogP contribution in [0.2, 0.25) is 0 Å². The van der Waals surface area contributed by atoms with E-state index in [9.17, 15) is 46.1 Å². The quantitative estimate of drug-likeness (QED) is 0.171. The summed E-state index contributed by atoms with van der Waals surface area (Å²) >= 11 is 0. The minimum absolute atomic E-state index is 0.154. The highest BCUT2D eigenvalue weighted by molar-refractivity contribution is 5.98. The van der Waals surface area contributed by atoms with Crippen molar-refractivity contribution in [3.05, 3.63) is 130 Å². The SMILES string of the molecule is O=C(Cc1cc(C(c2ccc(O)c(CC(=O)c3ccccc3)c2)(C(F)(F)F)C(F)(F)F)ccc1O)c1ccccc1. The Kier molecular flexibility index (Phi) is 7.96. The number of aromatic hydroxyl groups is 2. The van der Waals surface area contributed by atoms with Gasteiger partial charge >= 0.3 is 12.4 Å². The number of hydrogen-bond acceptors (Lipinski definition) is 4. The monoisotopic (exact) mass is 572 g/mol. The Morgan fingerprint density at radius 2 is 0.878 bits per heavy atom. The molecule has 0 spiro atoms. The Morgan fingerprint density at radius 3 is 1.20 bits per heavy atom. The highest BCUT2D eigenvalue weighted by Gasteiger charge is 2.72. The third-order valence-corrected chi connectivity index (χ3v) is 6.77. The zero-order chi connectivity index (χ0) is 30.0. The highest BCUT2D eigenvalue weighted by atomic mass is 19.4. The summed E-state index contributed by atoms with van der Waals surface area (Å²) in [6.45, 7) is 0. The Bertz CT molecular complexity index is 1440. The Labute approximate surface area is 230 Å². The number of carbonyl (C=O) groups is 2. The first-order valence-corrected chi connectivity index (χ1v) is 12.2. The van der Waals surface area contributed by atoms with E-state index in [4.69, 9.17) is 0 Å². The normalized spacial score (nSPS) is 12.2. The molecule has 0 saturated carbocycles. The second-order valence-electron chi connectivity index (χ2n) is 9.36. The number of carbonyl (C=O) groups excluding carboxylic acids is 2. The molecule has 4 rings (SSSR count). The molecule has 4 aromatic rings. The Balaban J connectivity index is 1.87. The first-order valence-electron chi connectivity index (χ1n) is 12.2. The smallest absolute Gasteiger partial charge is 0.411 e. The molecule has 0 amide bonds. The van der Waals surface area contributed by atoms with Gasteiger partial charge in [0.05, 0.1) is 0 Å². The fourth-order valence-corrected chi connectivity index (χ4v) is 4.70. The fraction of sp³-hybridized carbons (Fsp3) is 0.161. The Morgan fingerprint density at radius 1 is 0.537 bits per heavy atom. The van der Waals surface area contributed by atoms with E-state index in [1.54, 1.807) is 12.1 Å². The van der Waals surface area contributed by atoms with Crippen LogP contribution in [-0.4, -0.2) is 34.1 Å². The van der Waals surface area contributed by atoms with Crippen LogP contribution < -0.4 is 0 Å². The van der Waals surface area contributed by atoms with Gasteiger partial charge in [-0.1, -0.05) is 84.9 Å². The maximum atomic E-state index is 14.8. The molecular formula is C31H22F6O4. The van der Waals surface area contributed by atoms with Crippen LogP contribution in [-0.2, 0) is 18.3 Å². The summed E-state index contributed by atoms with van der Waals surface area (Å²) in [7, 11) is 0. The van der Waals surface area contributed by atoms with Crippen LogP contribution in [0, 0.1) is 0 Å². The van der Waals surface area contributed by atoms with Crippen molar-refractivity contribution in [2.24, 2.45) is 0 Å². The highest BCUT2D eigenvalue weighted by Crippen LogP contribution is 2.57. The van der Waals surface area contributed by atoms with Gasteiger partial charge in [0.25, 0.3) is 0 Å². The van der Waals surface area contributed by atoms with Gasteiger partial charge in [-0.15, -0.1) is 0 Å². The summed E-state index contributed by atoms with van der Waals surface area (Å²) < 4.78 is 88.7. The minimum Gasteiger partial charge on any atom is -0.508 e. The van der Waals surface area contributed by atoms with Gasteiger partial charge in [-0.2, -0.15) is 26.3 Å². The van der Waals surface area contributed by atoms with Crippen LogP contribution in [0.4, 0.5) is 26.3 Å². The van der Waals surface area contributed by atoms with Crippen LogP contribution in [0.3, 0.4) is 0 Å². The molecule has 0 radical (unpaired) electrons. The lowest BCUT2D eigenvalue weighted by Crippen LogP contribution is -2.54. The molecule has 0 unspecified atom stereocenters. The topological polar surface area (TPSA) is 74.6 Å². The molecule has 0 saturated heterocycles. The number of phenols is 2. The first kappa shape index (κ1) is 29.4. The van der Waals surface area contributed by atoms with Crippen molar-refractivity contribution in [2.75, 3.05) is 0 Å². The molecule has 0 aromatic heterocycles. The predicted octanol–water partition coefficient (Wildman–Crippen LogP) is 7.36. The Hall–Kier alpha value is -4.60. The fourth-order valence-electron chi connectivity index (χ4n) is 4.70. The summed E-state index contributed by atoms with van der Waals surface area (Å²) in [6.07, 6.45) is -13.3. The number of alkyl halides is 6. The zero-order valence-corrected chi connectivity index (χ0v) is 21.1. The molecule has 0 aliphatic rings. The van der Waals surface area contributed by atoms with E-state index in [1.165, 1.54) is 48.5 Å². The maximum absolute atomic E-state index is 14.8. The van der Waals surface area contributed by atoms with Crippen molar-refractivity contribution in [2.45, 2.75) is 30.6 Å². The number of Topliss-reactive ketones (excluding diaryl/α,β-unsaturated/α-hetero) is 2. The van der Waals surface area contributed by atoms with Gasteiger partial charge in [0.2, 0.25) is 5.41 Å². The molecule has 10 heteroatoms. The van der Waals surface area contributed by atoms with Gasteiger partial charge in [-0.25, -0.2) is 0 Å². The molecule has 0 aliphatic heterocycles. The number of hydrogen-bond donors (Lipinski definition) is 2. The average Bonchev–Trinajstić information content (AvgIpc) is 2.92. The van der Waals surface area contributed by atoms with Crippen LogP contribution in [0.1, 0.15) is 43.0 Å². The van der Waals surface area contributed by atoms with Gasteiger partial charge < -0.3 is 10.2 Å². The van der Waals surface area contributed by atoms with Crippen molar-refractivity contribution in [1.82, 2.24) is 0 Å². The largest absolute Gasteiger partial charge is 0.508 e. The van der Waals surface area contributed by atoms with E-state index in [-0.39, 0.29) is 11.1 Å². The summed E-state index contributed by atoms with van der Waals surface area (Å²) in [5.41, 5.74) is -7.78. The van der Waals surface area contributed by atoms with E-state index in [1.807, 2.05) is 0 Å². The second-order valence-corrected chi connectivity index (χ2v) is 9.36. The van der Waals surface area contributed by atoms with E-state index in [2.05, 4.69) is 0 Å². The molecule has 0 aliphatic carbocycles. The van der Waals surface area contributed by atoms with E-state index in [0.29, 0.717) is 36.4 Å². The molecule has 0 fully saturated rings. The molecule has 41 heavy (non-hydrogen) atoms. The van der Waals surface area contributed by atoms with E-state index >= 15 is 0 Å². The lowest BCUT2D eigenvalue weighted by atomic mass is 9.71. The lowest BCUT2D eigenvalue weighted by Gasteiger charge is -2.38.